The van der Waals surface area contributed by atoms with Crippen molar-refractivity contribution in [1.29, 1.82) is 0 Å². The third-order valence-electron chi connectivity index (χ3n) is 5.23. The van der Waals surface area contributed by atoms with Crippen molar-refractivity contribution < 1.29 is 0 Å². The van der Waals surface area contributed by atoms with Gasteiger partial charge in [-0.15, -0.1) is 11.3 Å². The van der Waals surface area contributed by atoms with Gasteiger partial charge in [0.2, 0.25) is 0 Å². The van der Waals surface area contributed by atoms with Crippen molar-refractivity contribution in [2.75, 3.05) is 0 Å². The van der Waals surface area contributed by atoms with Crippen molar-refractivity contribution in [3.8, 4) is 5.69 Å². The summed E-state index contributed by atoms with van der Waals surface area (Å²) in [6.07, 6.45) is 0. The van der Waals surface area contributed by atoms with Crippen LogP contribution in [-0.4, -0.2) is 4.57 Å². The monoisotopic (exact) mass is 383 g/mol. The van der Waals surface area contributed by atoms with Crippen LogP contribution >= 0.6 is 22.9 Å². The molecule has 4 aromatic carbocycles. The van der Waals surface area contributed by atoms with Gasteiger partial charge in [0, 0.05) is 25.9 Å². The Morgan fingerprint density at radius 1 is 0.704 bits per heavy atom. The zero-order chi connectivity index (χ0) is 18.0. The molecular weight excluding hydrogens is 370 g/mol. The van der Waals surface area contributed by atoms with E-state index in [0.29, 0.717) is 0 Å². The van der Waals surface area contributed by atoms with E-state index in [1.807, 2.05) is 17.4 Å². The molecule has 1 nitrogen and oxygen atoms in total. The maximum absolute atomic E-state index is 6.52. The number of benzene rings is 4. The van der Waals surface area contributed by atoms with E-state index in [1.165, 1.54) is 36.6 Å². The summed E-state index contributed by atoms with van der Waals surface area (Å²) < 4.78 is 5.03. The third-order valence-corrected chi connectivity index (χ3v) is 6.64. The lowest BCUT2D eigenvalue weighted by Gasteiger charge is -2.12. The summed E-state index contributed by atoms with van der Waals surface area (Å²) in [4.78, 5) is 0. The molecule has 0 bridgehead atoms. The van der Waals surface area contributed by atoms with Crippen LogP contribution in [0.1, 0.15) is 0 Å². The zero-order valence-corrected chi connectivity index (χ0v) is 15.9. The van der Waals surface area contributed by atoms with Crippen molar-refractivity contribution in [3.05, 3.63) is 90.0 Å². The average molecular weight is 384 g/mol. The minimum Gasteiger partial charge on any atom is -0.307 e. The van der Waals surface area contributed by atoms with Gasteiger partial charge in [-0.1, -0.05) is 72.3 Å². The number of para-hydroxylation sites is 1. The number of halogens is 1. The number of thiophene rings is 1. The van der Waals surface area contributed by atoms with Crippen LogP contribution in [0.2, 0.25) is 5.02 Å². The topological polar surface area (TPSA) is 4.93 Å². The van der Waals surface area contributed by atoms with Gasteiger partial charge in [-0.2, -0.15) is 0 Å². The molecule has 0 aliphatic carbocycles. The smallest absolute Gasteiger partial charge is 0.0727 e. The Labute approximate surface area is 165 Å². The molecule has 2 aromatic heterocycles. The molecule has 2 heterocycles. The van der Waals surface area contributed by atoms with E-state index < -0.39 is 0 Å². The van der Waals surface area contributed by atoms with Gasteiger partial charge in [0.15, 0.2) is 0 Å². The summed E-state index contributed by atoms with van der Waals surface area (Å²) in [7, 11) is 0. The van der Waals surface area contributed by atoms with Crippen molar-refractivity contribution in [2.45, 2.75) is 0 Å². The van der Waals surface area contributed by atoms with E-state index in [4.69, 9.17) is 11.6 Å². The highest BCUT2D eigenvalue weighted by molar-refractivity contribution is 7.26. The Kier molecular flexibility index (Phi) is 3.16. The predicted octanol–water partition coefficient (Wildman–Crippen LogP) is 7.81. The largest absolute Gasteiger partial charge is 0.307 e. The van der Waals surface area contributed by atoms with Crippen molar-refractivity contribution in [1.82, 2.24) is 4.57 Å². The van der Waals surface area contributed by atoms with E-state index in [2.05, 4.69) is 83.4 Å². The van der Waals surface area contributed by atoms with Crippen molar-refractivity contribution in [2.24, 2.45) is 0 Å². The lowest BCUT2D eigenvalue weighted by Crippen LogP contribution is -1.95. The van der Waals surface area contributed by atoms with Crippen LogP contribution < -0.4 is 0 Å². The number of hydrogen-bond acceptors (Lipinski definition) is 1. The molecular formula is C24H14ClNS. The van der Waals surface area contributed by atoms with E-state index >= 15 is 0 Å². The number of aromatic nitrogens is 1. The first kappa shape index (κ1) is 15.3. The molecule has 6 rings (SSSR count). The van der Waals surface area contributed by atoms with Crippen LogP contribution in [0.5, 0.6) is 0 Å². The van der Waals surface area contributed by atoms with Crippen LogP contribution in [0.3, 0.4) is 0 Å². The molecule has 128 valence electrons. The van der Waals surface area contributed by atoms with Crippen molar-refractivity contribution >= 4 is 64.9 Å². The van der Waals surface area contributed by atoms with Crippen LogP contribution in [0.25, 0.3) is 47.7 Å². The normalized spacial score (nSPS) is 11.9. The summed E-state index contributed by atoms with van der Waals surface area (Å²) in [6, 6.07) is 29.9. The molecule has 0 unspecified atom stereocenters. The standard InChI is InChI=1S/C24H14ClNS/c25-16-13-15-7-1-2-8-17(15)21(14-16)26-20-11-5-3-9-18(20)24-23(26)19-10-4-6-12-22(19)27-24/h1-14H. The van der Waals surface area contributed by atoms with Gasteiger partial charge in [-0.3, -0.25) is 0 Å². The maximum atomic E-state index is 6.52. The third kappa shape index (κ3) is 2.11. The predicted molar refractivity (Wildman–Crippen MR) is 119 cm³/mol. The first-order chi connectivity index (χ1) is 13.3. The van der Waals surface area contributed by atoms with E-state index in [-0.39, 0.29) is 0 Å². The van der Waals surface area contributed by atoms with Gasteiger partial charge in [0.1, 0.15) is 0 Å². The summed E-state index contributed by atoms with van der Waals surface area (Å²) >= 11 is 8.39. The fraction of sp³-hybridized carbons (Fsp3) is 0. The number of fused-ring (bicyclic) bond motifs is 6. The quantitative estimate of drug-likeness (QED) is 0.273. The van der Waals surface area contributed by atoms with Crippen LogP contribution in [0.4, 0.5) is 0 Å². The first-order valence-corrected chi connectivity index (χ1v) is 10.1. The van der Waals surface area contributed by atoms with Crippen LogP contribution in [0.15, 0.2) is 84.9 Å². The highest BCUT2D eigenvalue weighted by Gasteiger charge is 2.18. The van der Waals surface area contributed by atoms with Gasteiger partial charge in [-0.25, -0.2) is 0 Å². The molecule has 0 saturated carbocycles. The van der Waals surface area contributed by atoms with Gasteiger partial charge in [0.25, 0.3) is 0 Å². The number of rotatable bonds is 1. The fourth-order valence-electron chi connectivity index (χ4n) is 4.11. The first-order valence-electron chi connectivity index (χ1n) is 8.90. The Morgan fingerprint density at radius 2 is 1.41 bits per heavy atom. The highest BCUT2D eigenvalue weighted by atomic mass is 35.5. The minimum absolute atomic E-state index is 0.758. The molecule has 0 aliphatic heterocycles. The van der Waals surface area contributed by atoms with Gasteiger partial charge in [-0.05, 0) is 29.7 Å². The van der Waals surface area contributed by atoms with E-state index in [0.717, 1.165) is 16.1 Å². The van der Waals surface area contributed by atoms with Crippen molar-refractivity contribution in [3.63, 3.8) is 0 Å². The summed E-state index contributed by atoms with van der Waals surface area (Å²) in [5.41, 5.74) is 3.62. The van der Waals surface area contributed by atoms with Gasteiger partial charge < -0.3 is 4.57 Å². The molecule has 0 radical (unpaired) electrons. The average Bonchev–Trinajstić information content (AvgIpc) is 3.22. The van der Waals surface area contributed by atoms with Gasteiger partial charge in [0.05, 0.1) is 21.4 Å². The lowest BCUT2D eigenvalue weighted by atomic mass is 10.1. The molecule has 6 aromatic rings. The highest BCUT2D eigenvalue weighted by Crippen LogP contribution is 2.43. The molecule has 27 heavy (non-hydrogen) atoms. The SMILES string of the molecule is Clc1cc(-n2c3ccccc3c3sc4ccccc4c32)c2ccccc2c1. The second-order valence-electron chi connectivity index (χ2n) is 6.77. The van der Waals surface area contributed by atoms with Crippen LogP contribution in [-0.2, 0) is 0 Å². The number of hydrogen-bond donors (Lipinski definition) is 0. The summed E-state index contributed by atoms with van der Waals surface area (Å²) in [5.74, 6) is 0. The lowest BCUT2D eigenvalue weighted by molar-refractivity contribution is 1.21. The molecule has 0 spiro atoms. The summed E-state index contributed by atoms with van der Waals surface area (Å²) in [5, 5.41) is 5.70. The van der Waals surface area contributed by atoms with E-state index in [9.17, 15) is 0 Å². The molecule has 0 N–H and O–H groups in total. The van der Waals surface area contributed by atoms with Gasteiger partial charge >= 0.3 is 0 Å². The molecule has 0 saturated heterocycles. The maximum Gasteiger partial charge on any atom is 0.0727 e. The molecule has 3 heteroatoms. The Hall–Kier alpha value is -2.81. The molecule has 0 amide bonds. The number of nitrogens with zero attached hydrogens (tertiary/aromatic N) is 1. The fourth-order valence-corrected chi connectivity index (χ4v) is 5.55. The molecule has 0 atom stereocenters. The Balaban J connectivity index is 1.91. The zero-order valence-electron chi connectivity index (χ0n) is 14.3. The van der Waals surface area contributed by atoms with Crippen LogP contribution in [0, 0.1) is 0 Å². The summed E-state index contributed by atoms with van der Waals surface area (Å²) in [6.45, 7) is 0. The second-order valence-corrected chi connectivity index (χ2v) is 8.26. The second kappa shape index (κ2) is 5.59. The molecule has 0 aliphatic rings. The Morgan fingerprint density at radius 3 is 2.30 bits per heavy atom. The molecule has 0 fully saturated rings. The van der Waals surface area contributed by atoms with E-state index in [1.54, 1.807) is 0 Å². The Bertz CT molecular complexity index is 1480. The minimum atomic E-state index is 0.758.